The summed E-state index contributed by atoms with van der Waals surface area (Å²) in [6.07, 6.45) is 2.12. The monoisotopic (exact) mass is 338 g/mol. The van der Waals surface area contributed by atoms with Crippen LogP contribution in [0.1, 0.15) is 12.0 Å². The summed E-state index contributed by atoms with van der Waals surface area (Å²) in [5.41, 5.74) is 2.12. The van der Waals surface area contributed by atoms with Crippen LogP contribution in [0.2, 0.25) is 0 Å². The molecular formula is C19H18N2O2S. The largest absolute Gasteiger partial charge is 0.493 e. The Bertz CT molecular complexity index is 773. The minimum absolute atomic E-state index is 0.0279. The summed E-state index contributed by atoms with van der Waals surface area (Å²) in [4.78, 5) is 16.3. The van der Waals surface area contributed by atoms with E-state index in [2.05, 4.69) is 10.3 Å². The van der Waals surface area contributed by atoms with Crippen LogP contribution in [-0.4, -0.2) is 17.5 Å². The summed E-state index contributed by atoms with van der Waals surface area (Å²) in [6, 6.07) is 17.5. The second-order valence-electron chi connectivity index (χ2n) is 5.18. The lowest BCUT2D eigenvalue weighted by Crippen LogP contribution is -2.24. The summed E-state index contributed by atoms with van der Waals surface area (Å²) in [7, 11) is 0. The second kappa shape index (κ2) is 8.26. The molecule has 4 nitrogen and oxygen atoms in total. The number of nitrogens with one attached hydrogen (secondary N) is 1. The smallest absolute Gasteiger partial charge is 0.223 e. The van der Waals surface area contributed by atoms with Gasteiger partial charge in [-0.15, -0.1) is 11.3 Å². The zero-order valence-electron chi connectivity index (χ0n) is 13.1. The van der Waals surface area contributed by atoms with E-state index in [4.69, 9.17) is 4.74 Å². The molecule has 1 amide bonds. The fourth-order valence-corrected chi connectivity index (χ4v) is 3.00. The second-order valence-corrected chi connectivity index (χ2v) is 6.08. The Hall–Kier alpha value is -2.66. The Morgan fingerprint density at radius 1 is 1.08 bits per heavy atom. The number of nitrogens with zero attached hydrogens (tertiary/aromatic N) is 1. The molecule has 0 saturated heterocycles. The topological polar surface area (TPSA) is 51.2 Å². The number of aromatic nitrogens is 1. The van der Waals surface area contributed by atoms with Gasteiger partial charge in [-0.25, -0.2) is 4.98 Å². The van der Waals surface area contributed by atoms with Crippen molar-refractivity contribution in [3.63, 3.8) is 0 Å². The van der Waals surface area contributed by atoms with Crippen LogP contribution in [0, 0.1) is 0 Å². The predicted molar refractivity (Wildman–Crippen MR) is 96.0 cm³/mol. The molecule has 0 aliphatic heterocycles. The van der Waals surface area contributed by atoms with Gasteiger partial charge in [0.15, 0.2) is 0 Å². The molecule has 122 valence electrons. The van der Waals surface area contributed by atoms with Crippen molar-refractivity contribution in [2.45, 2.75) is 13.0 Å². The molecule has 0 radical (unpaired) electrons. The first kappa shape index (κ1) is 16.2. The van der Waals surface area contributed by atoms with E-state index < -0.39 is 0 Å². The zero-order valence-corrected chi connectivity index (χ0v) is 14.0. The molecule has 0 fully saturated rings. The number of benzene rings is 2. The highest BCUT2D eigenvalue weighted by Gasteiger charge is 2.08. The van der Waals surface area contributed by atoms with E-state index in [-0.39, 0.29) is 5.91 Å². The molecular weight excluding hydrogens is 320 g/mol. The minimum Gasteiger partial charge on any atom is -0.493 e. The maximum atomic E-state index is 12.0. The van der Waals surface area contributed by atoms with E-state index in [1.54, 1.807) is 17.5 Å². The van der Waals surface area contributed by atoms with E-state index in [0.717, 1.165) is 21.9 Å². The van der Waals surface area contributed by atoms with Gasteiger partial charge >= 0.3 is 0 Å². The molecule has 0 aliphatic rings. The number of para-hydroxylation sites is 1. The van der Waals surface area contributed by atoms with Crippen LogP contribution >= 0.6 is 11.3 Å². The standard InChI is InChI=1S/C19H18N2O2S/c22-18(10-12-23-16-7-2-1-3-8-16)21-14-15-6-4-5-9-17(15)19-20-11-13-24-19/h1-9,11,13H,10,12,14H2,(H,21,22). The van der Waals surface area contributed by atoms with Crippen molar-refractivity contribution in [2.75, 3.05) is 6.61 Å². The van der Waals surface area contributed by atoms with Crippen molar-refractivity contribution in [1.29, 1.82) is 0 Å². The van der Waals surface area contributed by atoms with E-state index >= 15 is 0 Å². The number of carbonyl (C=O) groups is 1. The van der Waals surface area contributed by atoms with Crippen molar-refractivity contribution in [2.24, 2.45) is 0 Å². The van der Waals surface area contributed by atoms with Crippen LogP contribution in [0.5, 0.6) is 5.75 Å². The maximum absolute atomic E-state index is 12.0. The van der Waals surface area contributed by atoms with E-state index in [0.29, 0.717) is 19.6 Å². The molecule has 3 rings (SSSR count). The highest BCUT2D eigenvalue weighted by Crippen LogP contribution is 2.25. The Labute approximate surface area is 145 Å². The molecule has 0 bridgehead atoms. The third-order valence-corrected chi connectivity index (χ3v) is 4.30. The predicted octanol–water partition coefficient (Wildman–Crippen LogP) is 3.90. The van der Waals surface area contributed by atoms with Crippen LogP contribution in [0.3, 0.4) is 0 Å². The number of carbonyl (C=O) groups excluding carboxylic acids is 1. The van der Waals surface area contributed by atoms with Crippen molar-refractivity contribution >= 4 is 17.2 Å². The van der Waals surface area contributed by atoms with Gasteiger partial charge in [0, 0.05) is 23.7 Å². The molecule has 0 atom stereocenters. The lowest BCUT2D eigenvalue weighted by atomic mass is 10.1. The Morgan fingerprint density at radius 3 is 2.67 bits per heavy atom. The number of thiazole rings is 1. The third-order valence-electron chi connectivity index (χ3n) is 3.50. The van der Waals surface area contributed by atoms with Crippen molar-refractivity contribution in [3.05, 3.63) is 71.7 Å². The fraction of sp³-hybridized carbons (Fsp3) is 0.158. The maximum Gasteiger partial charge on any atom is 0.223 e. The molecule has 1 aromatic heterocycles. The Kier molecular flexibility index (Phi) is 5.58. The summed E-state index contributed by atoms with van der Waals surface area (Å²) in [6.45, 7) is 0.851. The van der Waals surface area contributed by atoms with Gasteiger partial charge in [-0.3, -0.25) is 4.79 Å². The highest BCUT2D eigenvalue weighted by molar-refractivity contribution is 7.13. The first-order chi connectivity index (χ1) is 11.8. The number of hydrogen-bond acceptors (Lipinski definition) is 4. The summed E-state index contributed by atoms with van der Waals surface area (Å²) >= 11 is 1.59. The lowest BCUT2D eigenvalue weighted by Gasteiger charge is -2.10. The molecule has 0 unspecified atom stereocenters. The molecule has 1 N–H and O–H groups in total. The van der Waals surface area contributed by atoms with E-state index in [1.165, 1.54) is 0 Å². The van der Waals surface area contributed by atoms with Crippen LogP contribution in [-0.2, 0) is 11.3 Å². The first-order valence-electron chi connectivity index (χ1n) is 7.75. The molecule has 0 saturated carbocycles. The SMILES string of the molecule is O=C(CCOc1ccccc1)NCc1ccccc1-c1nccs1. The molecule has 1 heterocycles. The normalized spacial score (nSPS) is 10.3. The van der Waals surface area contributed by atoms with Crippen LogP contribution in [0.25, 0.3) is 10.6 Å². The number of ether oxygens (including phenoxy) is 1. The van der Waals surface area contributed by atoms with Crippen molar-refractivity contribution in [1.82, 2.24) is 10.3 Å². The Morgan fingerprint density at radius 2 is 1.88 bits per heavy atom. The molecule has 24 heavy (non-hydrogen) atoms. The van der Waals surface area contributed by atoms with Gasteiger partial charge in [0.25, 0.3) is 0 Å². The Balaban J connectivity index is 1.50. The van der Waals surface area contributed by atoms with Crippen molar-refractivity contribution < 1.29 is 9.53 Å². The number of hydrogen-bond donors (Lipinski definition) is 1. The van der Waals surface area contributed by atoms with Gasteiger partial charge in [0.05, 0.1) is 13.0 Å². The lowest BCUT2D eigenvalue weighted by molar-refractivity contribution is -0.121. The van der Waals surface area contributed by atoms with Gasteiger partial charge in [-0.2, -0.15) is 0 Å². The van der Waals surface area contributed by atoms with Crippen molar-refractivity contribution in [3.8, 4) is 16.3 Å². The van der Waals surface area contributed by atoms with E-state index in [1.807, 2.05) is 60.0 Å². The third kappa shape index (κ3) is 4.43. The molecule has 5 heteroatoms. The highest BCUT2D eigenvalue weighted by atomic mass is 32.1. The number of amides is 1. The van der Waals surface area contributed by atoms with Crippen LogP contribution < -0.4 is 10.1 Å². The summed E-state index contributed by atoms with van der Waals surface area (Å²) in [5.74, 6) is 0.749. The average Bonchev–Trinajstić information content (AvgIpc) is 3.16. The molecule has 2 aromatic carbocycles. The summed E-state index contributed by atoms with van der Waals surface area (Å²) < 4.78 is 5.54. The van der Waals surface area contributed by atoms with Gasteiger partial charge in [0.2, 0.25) is 5.91 Å². The first-order valence-corrected chi connectivity index (χ1v) is 8.63. The average molecular weight is 338 g/mol. The van der Waals surface area contributed by atoms with Crippen LogP contribution in [0.15, 0.2) is 66.2 Å². The van der Waals surface area contributed by atoms with Gasteiger partial charge < -0.3 is 10.1 Å². The van der Waals surface area contributed by atoms with Crippen LogP contribution in [0.4, 0.5) is 0 Å². The van der Waals surface area contributed by atoms with Gasteiger partial charge in [0.1, 0.15) is 10.8 Å². The quantitative estimate of drug-likeness (QED) is 0.711. The molecule has 3 aromatic rings. The molecule has 0 aliphatic carbocycles. The van der Waals surface area contributed by atoms with Gasteiger partial charge in [-0.05, 0) is 17.7 Å². The minimum atomic E-state index is -0.0279. The molecule has 0 spiro atoms. The van der Waals surface area contributed by atoms with Gasteiger partial charge in [-0.1, -0.05) is 42.5 Å². The zero-order chi connectivity index (χ0) is 16.6. The van der Waals surface area contributed by atoms with E-state index in [9.17, 15) is 4.79 Å². The fourth-order valence-electron chi connectivity index (χ4n) is 2.30. The summed E-state index contributed by atoms with van der Waals surface area (Å²) in [5, 5.41) is 5.86. The number of rotatable bonds is 7.